The highest BCUT2D eigenvalue weighted by atomic mass is 127. The number of ether oxygens (including phenoxy) is 1. The zero-order valence-electron chi connectivity index (χ0n) is 11.6. The number of benzene rings is 1. The Labute approximate surface area is 133 Å². The van der Waals surface area contributed by atoms with Crippen LogP contribution in [-0.4, -0.2) is 46.7 Å². The van der Waals surface area contributed by atoms with Crippen LogP contribution in [0.3, 0.4) is 0 Å². The highest BCUT2D eigenvalue weighted by Gasteiger charge is 2.34. The summed E-state index contributed by atoms with van der Waals surface area (Å²) >= 11 is 2.18. The van der Waals surface area contributed by atoms with Crippen LogP contribution in [0.4, 0.5) is 0 Å². The number of esters is 1. The number of carbonyl (C=O) groups is 1. The van der Waals surface area contributed by atoms with E-state index < -0.39 is 8.56 Å². The van der Waals surface area contributed by atoms with E-state index in [4.69, 9.17) is 13.6 Å². The van der Waals surface area contributed by atoms with Gasteiger partial charge in [-0.2, -0.15) is 0 Å². The third-order valence-electron chi connectivity index (χ3n) is 3.00. The van der Waals surface area contributed by atoms with E-state index >= 15 is 0 Å². The van der Waals surface area contributed by atoms with E-state index in [2.05, 4.69) is 22.6 Å². The number of rotatable bonds is 8. The average Bonchev–Trinajstić information content (AvgIpc) is 2.49. The molecule has 0 saturated heterocycles. The van der Waals surface area contributed by atoms with Crippen molar-refractivity contribution in [1.82, 2.24) is 0 Å². The summed E-state index contributed by atoms with van der Waals surface area (Å²) in [5.41, 5.74) is 0.537. The highest BCUT2D eigenvalue weighted by molar-refractivity contribution is 14.1. The molecule has 0 heterocycles. The zero-order valence-corrected chi connectivity index (χ0v) is 14.8. The van der Waals surface area contributed by atoms with Gasteiger partial charge in [-0.3, -0.25) is 0 Å². The summed E-state index contributed by atoms with van der Waals surface area (Å²) in [6, 6.07) is 7.77. The standard InChI is InChI=1S/C13H19IO5Si/c1-17-20(10-15,18-2)9-3-8-19-13(16)11-4-6-12(14)7-5-11/h4-7,15H,3,8-10H2,1-2H3. The Morgan fingerprint density at radius 2 is 1.85 bits per heavy atom. The minimum absolute atomic E-state index is 0.106. The summed E-state index contributed by atoms with van der Waals surface area (Å²) < 4.78 is 16.8. The number of hydrogen-bond donors (Lipinski definition) is 1. The molecule has 20 heavy (non-hydrogen) atoms. The number of carbonyl (C=O) groups excluding carboxylic acids is 1. The summed E-state index contributed by atoms with van der Waals surface area (Å²) in [5, 5.41) is 9.29. The van der Waals surface area contributed by atoms with Gasteiger partial charge in [-0.15, -0.1) is 0 Å². The summed E-state index contributed by atoms with van der Waals surface area (Å²) in [4.78, 5) is 11.8. The normalized spacial score (nSPS) is 11.4. The van der Waals surface area contributed by atoms with Gasteiger partial charge in [-0.1, -0.05) is 0 Å². The first kappa shape index (κ1) is 17.6. The first-order valence-electron chi connectivity index (χ1n) is 6.21. The molecule has 5 nitrogen and oxygen atoms in total. The van der Waals surface area contributed by atoms with Crippen molar-refractivity contribution < 1.29 is 23.5 Å². The van der Waals surface area contributed by atoms with Gasteiger partial charge in [0, 0.05) is 17.8 Å². The topological polar surface area (TPSA) is 65.0 Å². The molecular formula is C13H19IO5Si. The molecule has 0 spiro atoms. The molecule has 1 aromatic carbocycles. The summed E-state index contributed by atoms with van der Waals surface area (Å²) in [5.74, 6) is -0.340. The molecule has 0 aliphatic heterocycles. The molecule has 0 aliphatic rings. The summed E-state index contributed by atoms with van der Waals surface area (Å²) in [6.45, 7) is 0.284. The number of hydrogen-bond acceptors (Lipinski definition) is 5. The van der Waals surface area contributed by atoms with Crippen LogP contribution in [0.25, 0.3) is 0 Å². The molecule has 0 aliphatic carbocycles. The van der Waals surface area contributed by atoms with Crippen LogP contribution in [0.5, 0.6) is 0 Å². The largest absolute Gasteiger partial charge is 0.462 e. The van der Waals surface area contributed by atoms with Gasteiger partial charge in [0.1, 0.15) is 0 Å². The van der Waals surface area contributed by atoms with Crippen LogP contribution in [0.2, 0.25) is 6.04 Å². The van der Waals surface area contributed by atoms with E-state index in [1.165, 1.54) is 14.2 Å². The number of aliphatic hydroxyl groups is 1. The van der Waals surface area contributed by atoms with Crippen molar-refractivity contribution in [3.05, 3.63) is 33.4 Å². The Morgan fingerprint density at radius 1 is 1.25 bits per heavy atom. The molecule has 1 rings (SSSR count). The number of aliphatic hydroxyl groups excluding tert-OH is 1. The zero-order chi connectivity index (χ0) is 15.0. The highest BCUT2D eigenvalue weighted by Crippen LogP contribution is 2.14. The summed E-state index contributed by atoms with van der Waals surface area (Å²) in [6.07, 6.45) is 0.496. The lowest BCUT2D eigenvalue weighted by Crippen LogP contribution is -2.44. The SMILES string of the molecule is CO[Si](CO)(CCCOC(=O)c1ccc(I)cc1)OC. The predicted molar refractivity (Wildman–Crippen MR) is 85.7 cm³/mol. The van der Waals surface area contributed by atoms with E-state index in [-0.39, 0.29) is 18.8 Å². The smallest absolute Gasteiger partial charge is 0.364 e. The van der Waals surface area contributed by atoms with E-state index in [0.717, 1.165) is 3.57 Å². The lowest BCUT2D eigenvalue weighted by molar-refractivity contribution is 0.0500. The van der Waals surface area contributed by atoms with E-state index in [0.29, 0.717) is 18.0 Å². The van der Waals surface area contributed by atoms with Crippen LogP contribution in [0, 0.1) is 3.57 Å². The second-order valence-corrected chi connectivity index (χ2v) is 8.92. The maximum Gasteiger partial charge on any atom is 0.364 e. The van der Waals surface area contributed by atoms with Gasteiger partial charge in [-0.05, 0) is 59.3 Å². The minimum atomic E-state index is -2.51. The van der Waals surface area contributed by atoms with Gasteiger partial charge < -0.3 is 18.7 Å². The van der Waals surface area contributed by atoms with E-state index in [1.54, 1.807) is 12.1 Å². The fourth-order valence-corrected chi connectivity index (χ4v) is 3.71. The fraction of sp³-hybridized carbons (Fsp3) is 0.462. The van der Waals surface area contributed by atoms with Crippen LogP contribution >= 0.6 is 22.6 Å². The van der Waals surface area contributed by atoms with Crippen LogP contribution in [-0.2, 0) is 13.6 Å². The molecule has 0 amide bonds. The lowest BCUT2D eigenvalue weighted by atomic mass is 10.2. The van der Waals surface area contributed by atoms with Crippen molar-refractivity contribution in [2.24, 2.45) is 0 Å². The average molecular weight is 410 g/mol. The second-order valence-electron chi connectivity index (χ2n) is 4.22. The summed E-state index contributed by atoms with van der Waals surface area (Å²) in [7, 11) is 0.550. The van der Waals surface area contributed by atoms with Crippen LogP contribution in [0.1, 0.15) is 16.8 Å². The molecule has 0 fully saturated rings. The van der Waals surface area contributed by atoms with Crippen molar-refractivity contribution in [2.75, 3.05) is 27.1 Å². The van der Waals surface area contributed by atoms with Gasteiger partial charge in [0.25, 0.3) is 0 Å². The third-order valence-corrected chi connectivity index (χ3v) is 6.80. The van der Waals surface area contributed by atoms with E-state index in [9.17, 15) is 9.90 Å². The molecule has 0 bridgehead atoms. The Bertz CT molecular complexity index is 411. The number of halogens is 1. The molecule has 0 radical (unpaired) electrons. The van der Waals surface area contributed by atoms with Crippen molar-refractivity contribution >= 4 is 37.1 Å². The van der Waals surface area contributed by atoms with Crippen molar-refractivity contribution in [3.8, 4) is 0 Å². The van der Waals surface area contributed by atoms with Gasteiger partial charge in [0.05, 0.1) is 18.4 Å². The first-order valence-corrected chi connectivity index (χ1v) is 9.51. The Kier molecular flexibility index (Phi) is 7.67. The first-order chi connectivity index (χ1) is 9.56. The molecule has 0 atom stereocenters. The molecule has 1 N–H and O–H groups in total. The Morgan fingerprint density at radius 3 is 2.35 bits per heavy atom. The van der Waals surface area contributed by atoms with Crippen LogP contribution in [0.15, 0.2) is 24.3 Å². The molecule has 0 unspecified atom stereocenters. The molecule has 0 aromatic heterocycles. The van der Waals surface area contributed by atoms with Gasteiger partial charge in [0.2, 0.25) is 0 Å². The Hall–Kier alpha value is -0.483. The molecular weight excluding hydrogens is 391 g/mol. The monoisotopic (exact) mass is 410 g/mol. The van der Waals surface area contributed by atoms with Gasteiger partial charge >= 0.3 is 14.5 Å². The van der Waals surface area contributed by atoms with Crippen molar-refractivity contribution in [2.45, 2.75) is 12.5 Å². The third kappa shape index (κ3) is 5.13. The molecule has 1 aromatic rings. The van der Waals surface area contributed by atoms with Gasteiger partial charge in [0.15, 0.2) is 0 Å². The van der Waals surface area contributed by atoms with Crippen LogP contribution < -0.4 is 0 Å². The van der Waals surface area contributed by atoms with E-state index in [1.807, 2.05) is 12.1 Å². The maximum atomic E-state index is 11.8. The van der Waals surface area contributed by atoms with Crippen molar-refractivity contribution in [3.63, 3.8) is 0 Å². The molecule has 0 saturated carbocycles. The molecule has 112 valence electrons. The quantitative estimate of drug-likeness (QED) is 0.308. The van der Waals surface area contributed by atoms with Crippen molar-refractivity contribution in [1.29, 1.82) is 0 Å². The fourth-order valence-electron chi connectivity index (χ4n) is 1.67. The maximum absolute atomic E-state index is 11.8. The Balaban J connectivity index is 2.37. The predicted octanol–water partition coefficient (Wildman–Crippen LogP) is 2.10. The molecule has 7 heteroatoms. The minimum Gasteiger partial charge on any atom is -0.462 e. The van der Waals surface area contributed by atoms with Gasteiger partial charge in [-0.25, -0.2) is 4.79 Å². The second kappa shape index (κ2) is 8.73. The lowest BCUT2D eigenvalue weighted by Gasteiger charge is -2.24.